The van der Waals surface area contributed by atoms with Crippen LogP contribution in [-0.2, 0) is 17.5 Å². The van der Waals surface area contributed by atoms with Gasteiger partial charge >= 0.3 is 12.3 Å². The highest BCUT2D eigenvalue weighted by atomic mass is 19.4. The van der Waals surface area contributed by atoms with Gasteiger partial charge in [0.05, 0.1) is 37.2 Å². The summed E-state index contributed by atoms with van der Waals surface area (Å²) in [5.74, 6) is -1.01. The first kappa shape index (κ1) is 20.8. The number of nitrogens with one attached hydrogen (secondary N) is 2. The van der Waals surface area contributed by atoms with Gasteiger partial charge in [-0.05, 0) is 24.1 Å². The van der Waals surface area contributed by atoms with Crippen molar-refractivity contribution in [3.63, 3.8) is 0 Å². The SMILES string of the molecule is COC(=O)N(C)Cc1c(-c2cn[nH]c2C(F)(F)F)nc2c(c1C)C1C=NNC1C=C2F. The average molecular weight is 438 g/mol. The fourth-order valence-corrected chi connectivity index (χ4v) is 3.92. The Balaban J connectivity index is 1.97. The van der Waals surface area contributed by atoms with E-state index in [1.54, 1.807) is 13.1 Å². The Labute approximate surface area is 174 Å². The quantitative estimate of drug-likeness (QED) is 0.717. The van der Waals surface area contributed by atoms with E-state index in [9.17, 15) is 22.4 Å². The molecule has 31 heavy (non-hydrogen) atoms. The molecule has 0 saturated heterocycles. The van der Waals surface area contributed by atoms with E-state index < -0.39 is 29.8 Å². The number of hydrogen-bond donors (Lipinski definition) is 2. The number of methoxy groups -OCH3 is 1. The summed E-state index contributed by atoms with van der Waals surface area (Å²) >= 11 is 0. The maximum Gasteiger partial charge on any atom is 0.433 e. The lowest BCUT2D eigenvalue weighted by Crippen LogP contribution is -2.30. The molecule has 1 aliphatic carbocycles. The average Bonchev–Trinajstić information content (AvgIpc) is 3.38. The molecule has 2 atom stereocenters. The number of rotatable bonds is 3. The Kier molecular flexibility index (Phi) is 4.94. The highest BCUT2D eigenvalue weighted by Crippen LogP contribution is 2.43. The van der Waals surface area contributed by atoms with E-state index in [0.717, 1.165) is 6.20 Å². The van der Waals surface area contributed by atoms with Crippen molar-refractivity contribution in [3.05, 3.63) is 40.4 Å². The lowest BCUT2D eigenvalue weighted by atomic mass is 9.82. The molecule has 2 aromatic rings. The fourth-order valence-electron chi connectivity index (χ4n) is 3.92. The van der Waals surface area contributed by atoms with Crippen molar-refractivity contribution in [1.82, 2.24) is 25.5 Å². The summed E-state index contributed by atoms with van der Waals surface area (Å²) in [6, 6.07) is -0.426. The number of fused-ring (bicyclic) bond motifs is 3. The van der Waals surface area contributed by atoms with Crippen LogP contribution in [0.1, 0.15) is 34.0 Å². The molecule has 0 saturated carbocycles. The summed E-state index contributed by atoms with van der Waals surface area (Å²) < 4.78 is 60.2. The predicted octanol–water partition coefficient (Wildman–Crippen LogP) is 3.36. The third-order valence-electron chi connectivity index (χ3n) is 5.41. The Morgan fingerprint density at radius 2 is 2.06 bits per heavy atom. The molecule has 2 unspecified atom stereocenters. The molecule has 164 valence electrons. The van der Waals surface area contributed by atoms with E-state index in [4.69, 9.17) is 4.74 Å². The maximum absolute atomic E-state index is 14.9. The van der Waals surface area contributed by atoms with Crippen molar-refractivity contribution in [2.75, 3.05) is 14.2 Å². The zero-order chi connectivity index (χ0) is 22.5. The normalized spacial score (nSPS) is 19.4. The van der Waals surface area contributed by atoms with Gasteiger partial charge in [-0.3, -0.25) is 5.10 Å². The minimum absolute atomic E-state index is 0.0531. The van der Waals surface area contributed by atoms with Gasteiger partial charge in [0.1, 0.15) is 17.2 Å². The monoisotopic (exact) mass is 438 g/mol. The zero-order valence-electron chi connectivity index (χ0n) is 16.7. The molecular weight excluding hydrogens is 420 g/mol. The van der Waals surface area contributed by atoms with Crippen LogP contribution >= 0.6 is 0 Å². The number of alkyl halides is 3. The van der Waals surface area contributed by atoms with Gasteiger partial charge < -0.3 is 15.1 Å². The summed E-state index contributed by atoms with van der Waals surface area (Å²) in [6.07, 6.45) is -1.52. The van der Waals surface area contributed by atoms with Crippen LogP contribution in [0.3, 0.4) is 0 Å². The van der Waals surface area contributed by atoms with E-state index in [1.807, 2.05) is 5.10 Å². The molecule has 0 radical (unpaired) electrons. The van der Waals surface area contributed by atoms with Gasteiger partial charge in [0, 0.05) is 24.7 Å². The number of carbonyl (C=O) groups excluding carboxylic acids is 1. The van der Waals surface area contributed by atoms with Crippen LogP contribution in [0.4, 0.5) is 22.4 Å². The van der Waals surface area contributed by atoms with E-state index in [1.165, 1.54) is 25.1 Å². The molecule has 12 heteroatoms. The smallest absolute Gasteiger partial charge is 0.433 e. The molecule has 3 heterocycles. The topological polar surface area (TPSA) is 95.5 Å². The summed E-state index contributed by atoms with van der Waals surface area (Å²) in [7, 11) is 2.64. The molecule has 0 fully saturated rings. The summed E-state index contributed by atoms with van der Waals surface area (Å²) in [6.45, 7) is 1.56. The van der Waals surface area contributed by atoms with Gasteiger partial charge in [-0.2, -0.15) is 23.4 Å². The molecule has 4 rings (SSSR count). The predicted molar refractivity (Wildman–Crippen MR) is 103 cm³/mol. The second kappa shape index (κ2) is 7.36. The first-order valence-corrected chi connectivity index (χ1v) is 9.23. The highest BCUT2D eigenvalue weighted by Gasteiger charge is 2.40. The number of H-pyrrole nitrogens is 1. The van der Waals surface area contributed by atoms with Crippen LogP contribution in [0.2, 0.25) is 0 Å². The fraction of sp³-hybridized carbons (Fsp3) is 0.368. The third kappa shape index (κ3) is 3.41. The summed E-state index contributed by atoms with van der Waals surface area (Å²) in [4.78, 5) is 17.5. The van der Waals surface area contributed by atoms with Crippen molar-refractivity contribution in [2.24, 2.45) is 5.10 Å². The number of hydrazone groups is 1. The number of halogens is 4. The van der Waals surface area contributed by atoms with Crippen LogP contribution in [0.25, 0.3) is 17.1 Å². The third-order valence-corrected chi connectivity index (χ3v) is 5.41. The second-order valence-corrected chi connectivity index (χ2v) is 7.28. The highest BCUT2D eigenvalue weighted by molar-refractivity contribution is 5.82. The molecule has 0 bridgehead atoms. The molecule has 1 aliphatic heterocycles. The first-order valence-electron chi connectivity index (χ1n) is 9.23. The van der Waals surface area contributed by atoms with Crippen LogP contribution in [0, 0.1) is 6.92 Å². The van der Waals surface area contributed by atoms with Gasteiger partial charge in [-0.15, -0.1) is 0 Å². The van der Waals surface area contributed by atoms with Gasteiger partial charge in [0.15, 0.2) is 0 Å². The maximum atomic E-state index is 14.9. The number of nitrogens with zero attached hydrogens (tertiary/aromatic N) is 4. The van der Waals surface area contributed by atoms with E-state index in [-0.39, 0.29) is 29.4 Å². The number of aromatic nitrogens is 3. The van der Waals surface area contributed by atoms with Gasteiger partial charge in [0.2, 0.25) is 0 Å². The van der Waals surface area contributed by atoms with Crippen molar-refractivity contribution < 1.29 is 27.1 Å². The van der Waals surface area contributed by atoms with Crippen LogP contribution in [0.5, 0.6) is 0 Å². The Hall–Kier alpha value is -3.44. The van der Waals surface area contributed by atoms with Crippen molar-refractivity contribution >= 4 is 18.1 Å². The number of aromatic amines is 1. The van der Waals surface area contributed by atoms with Crippen molar-refractivity contribution in [3.8, 4) is 11.3 Å². The zero-order valence-corrected chi connectivity index (χ0v) is 16.7. The molecule has 1 amide bonds. The minimum atomic E-state index is -4.73. The molecule has 2 aromatic heterocycles. The lowest BCUT2D eigenvalue weighted by Gasteiger charge is -2.28. The summed E-state index contributed by atoms with van der Waals surface area (Å²) in [5.41, 5.74) is 2.53. The van der Waals surface area contributed by atoms with E-state index in [0.29, 0.717) is 16.7 Å². The van der Waals surface area contributed by atoms with Crippen molar-refractivity contribution in [2.45, 2.75) is 31.6 Å². The standard InChI is InChI=1S/C19H18F4N6O2/c1-8-11(7-29(2)18(30)31-3)15(10-6-25-28-17(10)19(21,22)23)26-16-12(20)4-13-9(14(8)16)5-24-27-13/h4-6,9,13,27H,7H2,1-3H3,(H,25,28). The molecule has 8 nitrogen and oxygen atoms in total. The molecule has 0 spiro atoms. The second-order valence-electron chi connectivity index (χ2n) is 7.28. The number of ether oxygens (including phenoxy) is 1. The number of amides is 1. The Bertz CT molecular complexity index is 1110. The number of pyridine rings is 1. The first-order chi connectivity index (χ1) is 14.6. The largest absolute Gasteiger partial charge is 0.453 e. The van der Waals surface area contributed by atoms with Gasteiger partial charge in [-0.1, -0.05) is 0 Å². The Morgan fingerprint density at radius 1 is 1.32 bits per heavy atom. The van der Waals surface area contributed by atoms with Gasteiger partial charge in [-0.25, -0.2) is 14.2 Å². The van der Waals surface area contributed by atoms with E-state index in [2.05, 4.69) is 20.6 Å². The summed E-state index contributed by atoms with van der Waals surface area (Å²) in [5, 5.41) is 9.46. The minimum Gasteiger partial charge on any atom is -0.453 e. The van der Waals surface area contributed by atoms with Crippen LogP contribution in [-0.4, -0.2) is 52.6 Å². The van der Waals surface area contributed by atoms with Crippen LogP contribution < -0.4 is 5.43 Å². The Morgan fingerprint density at radius 3 is 2.74 bits per heavy atom. The number of carbonyl (C=O) groups is 1. The van der Waals surface area contributed by atoms with E-state index >= 15 is 0 Å². The number of hydrogen-bond acceptors (Lipinski definition) is 6. The van der Waals surface area contributed by atoms with Crippen LogP contribution in [0.15, 0.2) is 17.4 Å². The molecular formula is C19H18F4N6O2. The molecule has 2 N–H and O–H groups in total. The molecule has 2 aliphatic rings. The lowest BCUT2D eigenvalue weighted by molar-refractivity contribution is -0.140. The van der Waals surface area contributed by atoms with Crippen molar-refractivity contribution in [1.29, 1.82) is 0 Å². The van der Waals surface area contributed by atoms with Gasteiger partial charge in [0.25, 0.3) is 0 Å². The molecule has 0 aromatic carbocycles.